The van der Waals surface area contributed by atoms with Crippen molar-refractivity contribution >= 4 is 17.2 Å². The topological polar surface area (TPSA) is 21.3 Å². The quantitative estimate of drug-likeness (QED) is 0.210. The van der Waals surface area contributed by atoms with Crippen LogP contribution in [0.1, 0.15) is 0 Å². The molecule has 0 rings (SSSR count). The van der Waals surface area contributed by atoms with Crippen LogP contribution < -0.4 is 5.48 Å². The zero-order valence-corrected chi connectivity index (χ0v) is 5.91. The molecular formula is C6H9NOS. The summed E-state index contributed by atoms with van der Waals surface area (Å²) in [5, 5.41) is 0. The Morgan fingerprint density at radius 1 is 1.67 bits per heavy atom. The first-order chi connectivity index (χ1) is 4.31. The highest BCUT2D eigenvalue weighted by molar-refractivity contribution is 7.80. The molecule has 2 nitrogen and oxygen atoms in total. The lowest BCUT2D eigenvalue weighted by Gasteiger charge is -1.99. The third kappa shape index (κ3) is 5.20. The fourth-order valence-corrected chi connectivity index (χ4v) is 0.272. The molecule has 0 aliphatic carbocycles. The van der Waals surface area contributed by atoms with E-state index in [0.717, 1.165) is 0 Å². The Hall–Kier alpha value is -0.670. The van der Waals surface area contributed by atoms with E-state index in [4.69, 9.17) is 4.84 Å². The Balaban J connectivity index is 3.16. The monoisotopic (exact) mass is 143 g/mol. The lowest BCUT2D eigenvalue weighted by atomic mass is 10.6. The highest BCUT2D eigenvalue weighted by Gasteiger charge is 1.83. The Morgan fingerprint density at radius 3 is 2.78 bits per heavy atom. The Bertz CT molecular complexity index is 122. The zero-order valence-electron chi connectivity index (χ0n) is 5.09. The molecule has 0 aliphatic rings. The molecular weight excluding hydrogens is 134 g/mol. The van der Waals surface area contributed by atoms with Gasteiger partial charge in [0.15, 0.2) is 0 Å². The predicted octanol–water partition coefficient (Wildman–Crippen LogP) is 1.21. The van der Waals surface area contributed by atoms with Crippen molar-refractivity contribution in [1.29, 1.82) is 0 Å². The summed E-state index contributed by atoms with van der Waals surface area (Å²) in [5.41, 5.74) is 2.48. The summed E-state index contributed by atoms with van der Waals surface area (Å²) < 4.78 is 0. The van der Waals surface area contributed by atoms with Gasteiger partial charge >= 0.3 is 0 Å². The third-order valence-electron chi connectivity index (χ3n) is 0.559. The van der Waals surface area contributed by atoms with Gasteiger partial charge in [-0.1, -0.05) is 24.9 Å². The summed E-state index contributed by atoms with van der Waals surface area (Å²) >= 11 is 4.68. The first-order valence-electron chi connectivity index (χ1n) is 2.46. The van der Waals surface area contributed by atoms with E-state index in [1.165, 1.54) is 6.08 Å². The summed E-state index contributed by atoms with van der Waals surface area (Å²) in [6.07, 6.45) is 3.12. The molecule has 0 unspecified atom stereocenters. The Labute approximate surface area is 60.2 Å². The second-order valence-electron chi connectivity index (χ2n) is 1.27. The molecule has 3 heteroatoms. The van der Waals surface area contributed by atoms with Crippen LogP contribution in [0.5, 0.6) is 0 Å². The summed E-state index contributed by atoms with van der Waals surface area (Å²) in [4.78, 5) is 5.24. The lowest BCUT2D eigenvalue weighted by Crippen LogP contribution is -2.19. The van der Waals surface area contributed by atoms with Crippen LogP contribution in [0.25, 0.3) is 0 Å². The van der Waals surface area contributed by atoms with Crippen LogP contribution in [0.4, 0.5) is 0 Å². The standard InChI is InChI=1S/C6H9NOS/c1-3-5-8-7-6(9)4-2/h3-4H,1-2,5H2,(H,7,9). The molecule has 0 fully saturated rings. The molecule has 0 aromatic carbocycles. The van der Waals surface area contributed by atoms with Crippen LogP contribution in [0.15, 0.2) is 25.3 Å². The van der Waals surface area contributed by atoms with Gasteiger partial charge in [-0.25, -0.2) is 0 Å². The molecule has 0 amide bonds. The van der Waals surface area contributed by atoms with E-state index in [2.05, 4.69) is 30.9 Å². The van der Waals surface area contributed by atoms with Crippen LogP contribution in [-0.2, 0) is 4.84 Å². The molecule has 0 aromatic rings. The fraction of sp³-hybridized carbons (Fsp3) is 0.167. The number of thiocarbonyl (C=S) groups is 1. The Morgan fingerprint density at radius 2 is 2.33 bits per heavy atom. The first-order valence-corrected chi connectivity index (χ1v) is 2.87. The number of hydrogen-bond donors (Lipinski definition) is 1. The fourth-order valence-electron chi connectivity index (χ4n) is 0.213. The van der Waals surface area contributed by atoms with Crippen molar-refractivity contribution in [3.63, 3.8) is 0 Å². The minimum absolute atomic E-state index is 0.438. The van der Waals surface area contributed by atoms with Crippen molar-refractivity contribution in [3.05, 3.63) is 25.3 Å². The van der Waals surface area contributed by atoms with Crippen molar-refractivity contribution in [1.82, 2.24) is 5.48 Å². The lowest BCUT2D eigenvalue weighted by molar-refractivity contribution is 0.113. The molecule has 0 heterocycles. The highest BCUT2D eigenvalue weighted by Crippen LogP contribution is 1.73. The van der Waals surface area contributed by atoms with Gasteiger partial charge in [-0.05, 0) is 6.08 Å². The van der Waals surface area contributed by atoms with Crippen molar-refractivity contribution in [3.8, 4) is 0 Å². The van der Waals surface area contributed by atoms with Crippen LogP contribution in [0, 0.1) is 0 Å². The van der Waals surface area contributed by atoms with Gasteiger partial charge in [-0.3, -0.25) is 10.3 Å². The van der Waals surface area contributed by atoms with Crippen molar-refractivity contribution in [2.45, 2.75) is 0 Å². The number of nitrogens with one attached hydrogen (secondary N) is 1. The van der Waals surface area contributed by atoms with E-state index >= 15 is 0 Å². The summed E-state index contributed by atoms with van der Waals surface area (Å²) in [7, 11) is 0. The van der Waals surface area contributed by atoms with Gasteiger partial charge in [-0.2, -0.15) is 0 Å². The minimum atomic E-state index is 0.438. The third-order valence-corrected chi connectivity index (χ3v) is 0.809. The Kier molecular flexibility index (Phi) is 5.06. The number of hydrogen-bond acceptors (Lipinski definition) is 2. The van der Waals surface area contributed by atoms with Crippen LogP contribution in [-0.4, -0.2) is 11.6 Å². The maximum absolute atomic E-state index is 4.75. The first kappa shape index (κ1) is 8.33. The normalized spacial score (nSPS) is 8.00. The second-order valence-corrected chi connectivity index (χ2v) is 1.71. The van der Waals surface area contributed by atoms with E-state index in [1.54, 1.807) is 6.08 Å². The summed E-state index contributed by atoms with van der Waals surface area (Å²) in [6, 6.07) is 0. The van der Waals surface area contributed by atoms with Crippen molar-refractivity contribution in [2.24, 2.45) is 0 Å². The van der Waals surface area contributed by atoms with E-state index in [9.17, 15) is 0 Å². The van der Waals surface area contributed by atoms with Gasteiger partial charge in [-0.15, -0.1) is 6.58 Å². The molecule has 0 spiro atoms. The van der Waals surface area contributed by atoms with E-state index in [0.29, 0.717) is 11.6 Å². The van der Waals surface area contributed by atoms with Crippen LogP contribution in [0.2, 0.25) is 0 Å². The highest BCUT2D eigenvalue weighted by atomic mass is 32.1. The van der Waals surface area contributed by atoms with Gasteiger partial charge in [0.25, 0.3) is 0 Å². The molecule has 0 aromatic heterocycles. The van der Waals surface area contributed by atoms with Gasteiger partial charge in [0, 0.05) is 0 Å². The molecule has 0 aliphatic heterocycles. The van der Waals surface area contributed by atoms with Crippen molar-refractivity contribution < 1.29 is 4.84 Å². The van der Waals surface area contributed by atoms with Crippen LogP contribution in [0.3, 0.4) is 0 Å². The smallest absolute Gasteiger partial charge is 0.123 e. The second kappa shape index (κ2) is 5.47. The van der Waals surface area contributed by atoms with Gasteiger partial charge in [0.05, 0.1) is 6.61 Å². The van der Waals surface area contributed by atoms with Gasteiger partial charge < -0.3 is 0 Å². The minimum Gasteiger partial charge on any atom is -0.271 e. The molecule has 0 saturated heterocycles. The molecule has 0 bridgehead atoms. The van der Waals surface area contributed by atoms with E-state index in [-0.39, 0.29) is 0 Å². The molecule has 9 heavy (non-hydrogen) atoms. The summed E-state index contributed by atoms with van der Waals surface area (Å²) in [6.45, 7) is 7.32. The largest absolute Gasteiger partial charge is 0.271 e. The average Bonchev–Trinajstić information content (AvgIpc) is 1.89. The van der Waals surface area contributed by atoms with Gasteiger partial charge in [0.1, 0.15) is 4.99 Å². The predicted molar refractivity (Wildman–Crippen MR) is 42.1 cm³/mol. The molecule has 0 radical (unpaired) electrons. The molecule has 1 N–H and O–H groups in total. The maximum atomic E-state index is 4.75. The van der Waals surface area contributed by atoms with Crippen LogP contribution >= 0.6 is 12.2 Å². The SMILES string of the molecule is C=CCONC(=S)C=C. The van der Waals surface area contributed by atoms with Gasteiger partial charge in [0.2, 0.25) is 0 Å². The molecule has 0 saturated carbocycles. The van der Waals surface area contributed by atoms with E-state index in [1.807, 2.05) is 0 Å². The summed E-state index contributed by atoms with van der Waals surface area (Å²) in [5.74, 6) is 0. The number of hydroxylamine groups is 1. The molecule has 0 atom stereocenters. The maximum Gasteiger partial charge on any atom is 0.123 e. The number of rotatable bonds is 4. The zero-order chi connectivity index (χ0) is 7.11. The average molecular weight is 143 g/mol. The van der Waals surface area contributed by atoms with Crippen molar-refractivity contribution in [2.75, 3.05) is 6.61 Å². The molecule has 50 valence electrons. The van der Waals surface area contributed by atoms with E-state index < -0.39 is 0 Å².